The summed E-state index contributed by atoms with van der Waals surface area (Å²) in [5, 5.41) is 0.970. The molecule has 1 aromatic carbocycles. The van der Waals surface area contributed by atoms with E-state index in [1.807, 2.05) is 37.3 Å². The fourth-order valence-electron chi connectivity index (χ4n) is 2.14. The van der Waals surface area contributed by atoms with Crippen molar-refractivity contribution in [3.63, 3.8) is 0 Å². The van der Waals surface area contributed by atoms with Crippen LogP contribution in [0.15, 0.2) is 47.1 Å². The molecule has 0 radical (unpaired) electrons. The third-order valence-corrected chi connectivity index (χ3v) is 3.19. The highest BCUT2D eigenvalue weighted by molar-refractivity contribution is 6.11. The first-order chi connectivity index (χ1) is 9.15. The van der Waals surface area contributed by atoms with Gasteiger partial charge in [-0.3, -0.25) is 9.78 Å². The standard InChI is InChI=1S/C16H13NO2/c1-10-3-4-12-9-13(5-6-15(12)17-10)16(18)14-7-8-19-11(14)2/h3-9H,1-2H3. The minimum atomic E-state index is -0.0197. The maximum absolute atomic E-state index is 12.4. The fraction of sp³-hybridized carbons (Fsp3) is 0.125. The highest BCUT2D eigenvalue weighted by atomic mass is 16.3. The molecule has 3 rings (SSSR count). The Morgan fingerprint density at radius 2 is 1.95 bits per heavy atom. The lowest BCUT2D eigenvalue weighted by Crippen LogP contribution is -2.01. The lowest BCUT2D eigenvalue weighted by Gasteiger charge is -2.03. The van der Waals surface area contributed by atoms with Crippen molar-refractivity contribution < 1.29 is 9.21 Å². The number of ketones is 1. The topological polar surface area (TPSA) is 43.1 Å². The third kappa shape index (κ3) is 2.03. The molecule has 94 valence electrons. The summed E-state index contributed by atoms with van der Waals surface area (Å²) < 4.78 is 5.18. The molecule has 2 heterocycles. The highest BCUT2D eigenvalue weighted by Crippen LogP contribution is 2.19. The van der Waals surface area contributed by atoms with Crippen LogP contribution >= 0.6 is 0 Å². The minimum absolute atomic E-state index is 0.0197. The molecule has 0 unspecified atom stereocenters. The average molecular weight is 251 g/mol. The zero-order chi connectivity index (χ0) is 13.4. The van der Waals surface area contributed by atoms with E-state index < -0.39 is 0 Å². The van der Waals surface area contributed by atoms with E-state index in [0.717, 1.165) is 16.6 Å². The van der Waals surface area contributed by atoms with Crippen LogP contribution in [0.5, 0.6) is 0 Å². The molecule has 3 aromatic rings. The normalized spacial score (nSPS) is 10.8. The Balaban J connectivity index is 2.09. The maximum atomic E-state index is 12.4. The summed E-state index contributed by atoms with van der Waals surface area (Å²) in [5.41, 5.74) is 3.14. The van der Waals surface area contributed by atoms with Crippen LogP contribution in [0.1, 0.15) is 27.4 Å². The second-order valence-corrected chi connectivity index (χ2v) is 4.58. The number of fused-ring (bicyclic) bond motifs is 1. The second-order valence-electron chi connectivity index (χ2n) is 4.58. The van der Waals surface area contributed by atoms with Crippen LogP contribution in [0.4, 0.5) is 0 Å². The van der Waals surface area contributed by atoms with Crippen molar-refractivity contribution in [1.82, 2.24) is 4.98 Å². The van der Waals surface area contributed by atoms with E-state index in [9.17, 15) is 4.79 Å². The van der Waals surface area contributed by atoms with Crippen molar-refractivity contribution in [3.8, 4) is 0 Å². The summed E-state index contributed by atoms with van der Waals surface area (Å²) in [5.74, 6) is 0.626. The van der Waals surface area contributed by atoms with Crippen molar-refractivity contribution in [3.05, 3.63) is 65.2 Å². The van der Waals surface area contributed by atoms with E-state index in [-0.39, 0.29) is 5.78 Å². The monoisotopic (exact) mass is 251 g/mol. The number of aryl methyl sites for hydroxylation is 2. The molecular formula is C16H13NO2. The Kier molecular flexibility index (Phi) is 2.67. The molecule has 0 saturated carbocycles. The van der Waals surface area contributed by atoms with Gasteiger partial charge in [-0.1, -0.05) is 6.07 Å². The highest BCUT2D eigenvalue weighted by Gasteiger charge is 2.14. The van der Waals surface area contributed by atoms with E-state index >= 15 is 0 Å². The smallest absolute Gasteiger partial charge is 0.196 e. The van der Waals surface area contributed by atoms with E-state index in [0.29, 0.717) is 16.9 Å². The average Bonchev–Trinajstić information content (AvgIpc) is 2.83. The predicted octanol–water partition coefficient (Wildman–Crippen LogP) is 3.68. The van der Waals surface area contributed by atoms with Gasteiger partial charge in [0.05, 0.1) is 17.3 Å². The van der Waals surface area contributed by atoms with Gasteiger partial charge in [0.1, 0.15) is 5.76 Å². The molecule has 0 N–H and O–H groups in total. The number of aromatic nitrogens is 1. The summed E-state index contributed by atoms with van der Waals surface area (Å²) in [6.07, 6.45) is 1.54. The number of carbonyl (C=O) groups excluding carboxylic acids is 1. The van der Waals surface area contributed by atoms with Gasteiger partial charge in [-0.05, 0) is 44.2 Å². The molecule has 0 fully saturated rings. The van der Waals surface area contributed by atoms with Gasteiger partial charge in [0, 0.05) is 16.6 Å². The first-order valence-corrected chi connectivity index (χ1v) is 6.11. The molecular weight excluding hydrogens is 238 g/mol. The molecule has 0 saturated heterocycles. The molecule has 0 aliphatic rings. The molecule has 19 heavy (non-hydrogen) atoms. The van der Waals surface area contributed by atoms with E-state index in [4.69, 9.17) is 4.42 Å². The van der Waals surface area contributed by atoms with E-state index in [1.54, 1.807) is 13.0 Å². The Bertz CT molecular complexity index is 771. The van der Waals surface area contributed by atoms with Crippen LogP contribution in [0.2, 0.25) is 0 Å². The molecule has 0 atom stereocenters. The first kappa shape index (κ1) is 11.7. The summed E-state index contributed by atoms with van der Waals surface area (Å²) in [7, 11) is 0. The molecule has 3 heteroatoms. The number of rotatable bonds is 2. The van der Waals surface area contributed by atoms with Crippen LogP contribution in [-0.2, 0) is 0 Å². The fourth-order valence-corrected chi connectivity index (χ4v) is 2.14. The van der Waals surface area contributed by atoms with Gasteiger partial charge in [0.15, 0.2) is 5.78 Å². The molecule has 0 spiro atoms. The quantitative estimate of drug-likeness (QED) is 0.652. The summed E-state index contributed by atoms with van der Waals surface area (Å²) in [4.78, 5) is 16.8. The largest absolute Gasteiger partial charge is 0.469 e. The molecule has 0 aliphatic carbocycles. The van der Waals surface area contributed by atoms with Gasteiger partial charge >= 0.3 is 0 Å². The SMILES string of the molecule is Cc1ccc2cc(C(=O)c3ccoc3C)ccc2n1. The third-order valence-electron chi connectivity index (χ3n) is 3.19. The lowest BCUT2D eigenvalue weighted by atomic mass is 10.0. The number of hydrogen-bond acceptors (Lipinski definition) is 3. The molecule has 0 amide bonds. The zero-order valence-electron chi connectivity index (χ0n) is 10.8. The predicted molar refractivity (Wildman–Crippen MR) is 73.4 cm³/mol. The van der Waals surface area contributed by atoms with Crippen molar-refractivity contribution in [2.24, 2.45) is 0 Å². The summed E-state index contributed by atoms with van der Waals surface area (Å²) in [6.45, 7) is 3.74. The number of nitrogens with zero attached hydrogens (tertiary/aromatic N) is 1. The minimum Gasteiger partial charge on any atom is -0.469 e. The van der Waals surface area contributed by atoms with Crippen LogP contribution in [0.25, 0.3) is 10.9 Å². The Morgan fingerprint density at radius 3 is 2.68 bits per heavy atom. The number of hydrogen-bond donors (Lipinski definition) is 0. The Morgan fingerprint density at radius 1 is 1.11 bits per heavy atom. The molecule has 0 bridgehead atoms. The van der Waals surface area contributed by atoms with Gasteiger partial charge in [0.25, 0.3) is 0 Å². The molecule has 3 nitrogen and oxygen atoms in total. The number of pyridine rings is 1. The van der Waals surface area contributed by atoms with Crippen molar-refractivity contribution in [2.45, 2.75) is 13.8 Å². The Hall–Kier alpha value is -2.42. The summed E-state index contributed by atoms with van der Waals surface area (Å²) >= 11 is 0. The van der Waals surface area contributed by atoms with Crippen molar-refractivity contribution >= 4 is 16.7 Å². The van der Waals surface area contributed by atoms with Crippen molar-refractivity contribution in [2.75, 3.05) is 0 Å². The Labute approximate surface area is 110 Å². The van der Waals surface area contributed by atoms with Gasteiger partial charge in [0.2, 0.25) is 0 Å². The molecule has 0 aliphatic heterocycles. The lowest BCUT2D eigenvalue weighted by molar-refractivity contribution is 0.103. The molecule has 2 aromatic heterocycles. The van der Waals surface area contributed by atoms with Gasteiger partial charge in [-0.25, -0.2) is 0 Å². The van der Waals surface area contributed by atoms with Crippen LogP contribution in [-0.4, -0.2) is 10.8 Å². The first-order valence-electron chi connectivity index (χ1n) is 6.11. The maximum Gasteiger partial charge on any atom is 0.196 e. The summed E-state index contributed by atoms with van der Waals surface area (Å²) in [6, 6.07) is 11.2. The number of benzene rings is 1. The van der Waals surface area contributed by atoms with Gasteiger partial charge in [-0.2, -0.15) is 0 Å². The van der Waals surface area contributed by atoms with E-state index in [1.165, 1.54) is 6.26 Å². The van der Waals surface area contributed by atoms with Crippen molar-refractivity contribution in [1.29, 1.82) is 0 Å². The zero-order valence-corrected chi connectivity index (χ0v) is 10.8. The van der Waals surface area contributed by atoms with E-state index in [2.05, 4.69) is 4.98 Å². The van der Waals surface area contributed by atoms with Gasteiger partial charge < -0.3 is 4.42 Å². The number of carbonyl (C=O) groups is 1. The van der Waals surface area contributed by atoms with Crippen LogP contribution < -0.4 is 0 Å². The van der Waals surface area contributed by atoms with Gasteiger partial charge in [-0.15, -0.1) is 0 Å². The second kappa shape index (κ2) is 4.35. The number of furan rings is 1. The van der Waals surface area contributed by atoms with Crippen LogP contribution in [0.3, 0.4) is 0 Å². The van der Waals surface area contributed by atoms with Crippen LogP contribution in [0, 0.1) is 13.8 Å².